The highest BCUT2D eigenvalue weighted by Crippen LogP contribution is 2.61. The van der Waals surface area contributed by atoms with Gasteiger partial charge in [0.05, 0.1) is 6.10 Å². The van der Waals surface area contributed by atoms with Gasteiger partial charge in [0.2, 0.25) is 0 Å². The molecule has 4 rings (SSSR count). The minimum atomic E-state index is -0.801. The Kier molecular flexibility index (Phi) is 3.27. The number of aliphatic imine (C=N–C) groups is 1. The van der Waals surface area contributed by atoms with E-state index in [1.54, 1.807) is 4.90 Å². The van der Waals surface area contributed by atoms with Gasteiger partial charge in [0.25, 0.3) is 5.91 Å². The van der Waals surface area contributed by atoms with Crippen LogP contribution < -0.4 is 0 Å². The Balaban J connectivity index is 1.95. The molecule has 0 aromatic heterocycles. The fourth-order valence-electron chi connectivity index (χ4n) is 4.79. The zero-order valence-corrected chi connectivity index (χ0v) is 15.1. The van der Waals surface area contributed by atoms with Gasteiger partial charge in [-0.3, -0.25) is 9.79 Å². The van der Waals surface area contributed by atoms with Crippen LogP contribution in [0, 0.1) is 5.41 Å². The first-order valence-corrected chi connectivity index (χ1v) is 9.00. The van der Waals surface area contributed by atoms with Gasteiger partial charge in [0.1, 0.15) is 5.84 Å². The second-order valence-electron chi connectivity index (χ2n) is 7.22. The van der Waals surface area contributed by atoms with E-state index in [9.17, 15) is 9.90 Å². The van der Waals surface area contributed by atoms with Crippen molar-refractivity contribution >= 4 is 27.7 Å². The number of amidine groups is 1. The SMILES string of the molecule is CC1=NC2(C(=O)N1C)c1cc(Br)ccc1CC21CCC(O)CC1. The van der Waals surface area contributed by atoms with Gasteiger partial charge in [0, 0.05) is 16.9 Å². The van der Waals surface area contributed by atoms with E-state index in [1.165, 1.54) is 5.56 Å². The van der Waals surface area contributed by atoms with Crippen molar-refractivity contribution in [1.82, 2.24) is 4.90 Å². The average Bonchev–Trinajstić information content (AvgIpc) is 2.92. The number of halogens is 1. The number of hydrogen-bond donors (Lipinski definition) is 1. The summed E-state index contributed by atoms with van der Waals surface area (Å²) < 4.78 is 0.985. The largest absolute Gasteiger partial charge is 0.393 e. The van der Waals surface area contributed by atoms with Crippen molar-refractivity contribution in [3.05, 3.63) is 33.8 Å². The summed E-state index contributed by atoms with van der Waals surface area (Å²) in [5.41, 5.74) is 1.28. The summed E-state index contributed by atoms with van der Waals surface area (Å²) >= 11 is 3.55. The molecule has 1 aliphatic heterocycles. The number of likely N-dealkylation sites (N-methyl/N-ethyl adjacent to an activating group) is 1. The smallest absolute Gasteiger partial charge is 0.260 e. The summed E-state index contributed by atoms with van der Waals surface area (Å²) in [6.07, 6.45) is 3.82. The number of hydrogen-bond acceptors (Lipinski definition) is 3. The molecule has 4 nitrogen and oxygen atoms in total. The number of carbonyl (C=O) groups is 1. The number of aliphatic hydroxyl groups is 1. The number of rotatable bonds is 0. The second-order valence-corrected chi connectivity index (χ2v) is 8.14. The molecule has 5 heteroatoms. The van der Waals surface area contributed by atoms with Crippen molar-refractivity contribution in [3.8, 4) is 0 Å². The van der Waals surface area contributed by atoms with Gasteiger partial charge in [-0.1, -0.05) is 22.0 Å². The number of carbonyl (C=O) groups excluding carboxylic acids is 1. The van der Waals surface area contributed by atoms with Crippen LogP contribution in [0.25, 0.3) is 0 Å². The van der Waals surface area contributed by atoms with E-state index in [0.29, 0.717) is 0 Å². The quantitative estimate of drug-likeness (QED) is 0.756. The molecule has 1 aromatic rings. The molecule has 122 valence electrons. The summed E-state index contributed by atoms with van der Waals surface area (Å²) in [5.74, 6) is 0.872. The fraction of sp³-hybridized carbons (Fsp3) is 0.556. The Hall–Kier alpha value is -1.20. The van der Waals surface area contributed by atoms with Gasteiger partial charge in [-0.05, 0) is 62.3 Å². The first kappa shape index (κ1) is 15.3. The van der Waals surface area contributed by atoms with Gasteiger partial charge in [0.15, 0.2) is 5.54 Å². The summed E-state index contributed by atoms with van der Waals surface area (Å²) in [6, 6.07) is 6.24. The minimum Gasteiger partial charge on any atom is -0.393 e. The van der Waals surface area contributed by atoms with Crippen molar-refractivity contribution in [3.63, 3.8) is 0 Å². The minimum absolute atomic E-state index is 0.0863. The molecule has 23 heavy (non-hydrogen) atoms. The van der Waals surface area contributed by atoms with Crippen molar-refractivity contribution < 1.29 is 9.90 Å². The third-order valence-corrected chi connectivity index (χ3v) is 6.59. The predicted molar refractivity (Wildman–Crippen MR) is 92.3 cm³/mol. The van der Waals surface area contributed by atoms with Crippen LogP contribution in [0.5, 0.6) is 0 Å². The molecular weight excluding hydrogens is 356 g/mol. The van der Waals surface area contributed by atoms with Crippen molar-refractivity contribution in [2.24, 2.45) is 10.4 Å². The second kappa shape index (κ2) is 4.90. The molecule has 1 fully saturated rings. The summed E-state index contributed by atoms with van der Waals surface area (Å²) in [4.78, 5) is 20.0. The lowest BCUT2D eigenvalue weighted by Gasteiger charge is -2.44. The third-order valence-electron chi connectivity index (χ3n) is 6.10. The average molecular weight is 377 g/mol. The third kappa shape index (κ3) is 1.86. The van der Waals surface area contributed by atoms with E-state index in [4.69, 9.17) is 4.99 Å². The van der Waals surface area contributed by atoms with Crippen LogP contribution in [0.3, 0.4) is 0 Å². The monoisotopic (exact) mass is 376 g/mol. The van der Waals surface area contributed by atoms with E-state index < -0.39 is 5.54 Å². The summed E-state index contributed by atoms with van der Waals surface area (Å²) in [7, 11) is 1.82. The Morgan fingerprint density at radius 3 is 2.65 bits per heavy atom. The van der Waals surface area contributed by atoms with E-state index in [2.05, 4.69) is 28.1 Å². The van der Waals surface area contributed by atoms with Gasteiger partial charge < -0.3 is 10.0 Å². The lowest BCUT2D eigenvalue weighted by atomic mass is 9.61. The molecular formula is C18H21BrN2O2. The van der Waals surface area contributed by atoms with Gasteiger partial charge in [-0.2, -0.15) is 0 Å². The van der Waals surface area contributed by atoms with Crippen molar-refractivity contribution in [1.29, 1.82) is 0 Å². The van der Waals surface area contributed by atoms with Gasteiger partial charge in [-0.15, -0.1) is 0 Å². The Bertz CT molecular complexity index is 722. The molecule has 0 radical (unpaired) electrons. The molecule has 2 aliphatic carbocycles. The highest BCUT2D eigenvalue weighted by atomic mass is 79.9. The van der Waals surface area contributed by atoms with Gasteiger partial charge >= 0.3 is 0 Å². The normalized spacial score (nSPS) is 36.0. The molecule has 0 bridgehead atoms. The van der Waals surface area contributed by atoms with Crippen LogP contribution in [0.1, 0.15) is 43.7 Å². The lowest BCUT2D eigenvalue weighted by molar-refractivity contribution is -0.137. The summed E-state index contributed by atoms with van der Waals surface area (Å²) in [6.45, 7) is 1.91. The van der Waals surface area contributed by atoms with Crippen LogP contribution in [0.2, 0.25) is 0 Å². The van der Waals surface area contributed by atoms with Crippen LogP contribution in [-0.4, -0.2) is 34.9 Å². The first-order valence-electron chi connectivity index (χ1n) is 8.21. The molecule has 1 aromatic carbocycles. The number of aliphatic hydroxyl groups excluding tert-OH is 1. The predicted octanol–water partition coefficient (Wildman–Crippen LogP) is 3.01. The Morgan fingerprint density at radius 1 is 1.35 bits per heavy atom. The molecule has 2 spiro atoms. The molecule has 1 heterocycles. The van der Waals surface area contributed by atoms with Crippen molar-refractivity contribution in [2.45, 2.75) is 50.7 Å². The van der Waals surface area contributed by atoms with Crippen LogP contribution in [0.15, 0.2) is 27.7 Å². The molecule has 1 saturated carbocycles. The van der Waals surface area contributed by atoms with Crippen LogP contribution in [-0.2, 0) is 16.8 Å². The number of nitrogens with zero attached hydrogens (tertiary/aromatic N) is 2. The van der Waals surface area contributed by atoms with E-state index in [0.717, 1.165) is 48.0 Å². The van der Waals surface area contributed by atoms with E-state index in [1.807, 2.05) is 20.0 Å². The number of fused-ring (bicyclic) bond motifs is 3. The summed E-state index contributed by atoms with van der Waals surface area (Å²) in [5, 5.41) is 9.98. The fourth-order valence-corrected chi connectivity index (χ4v) is 5.15. The molecule has 0 saturated heterocycles. The molecule has 1 unspecified atom stereocenters. The van der Waals surface area contributed by atoms with Crippen LogP contribution in [0.4, 0.5) is 0 Å². The lowest BCUT2D eigenvalue weighted by Crippen LogP contribution is -2.51. The maximum atomic E-state index is 13.3. The highest BCUT2D eigenvalue weighted by Gasteiger charge is 2.65. The molecule has 1 amide bonds. The molecule has 3 aliphatic rings. The molecule has 1 atom stereocenters. The maximum Gasteiger partial charge on any atom is 0.260 e. The maximum absolute atomic E-state index is 13.3. The zero-order valence-electron chi connectivity index (χ0n) is 13.5. The van der Waals surface area contributed by atoms with E-state index in [-0.39, 0.29) is 17.4 Å². The zero-order chi connectivity index (χ0) is 16.4. The number of benzene rings is 1. The van der Waals surface area contributed by atoms with Gasteiger partial charge in [-0.25, -0.2) is 0 Å². The first-order chi connectivity index (χ1) is 10.9. The topological polar surface area (TPSA) is 52.9 Å². The standard InChI is InChI=1S/C18H21BrN2O2/c1-11-20-18(16(23)21(11)2)15-9-13(19)4-3-12(15)10-17(18)7-5-14(22)6-8-17/h3-4,9,14,22H,5-8,10H2,1-2H3. The Morgan fingerprint density at radius 2 is 2.04 bits per heavy atom. The number of amides is 1. The van der Waals surface area contributed by atoms with E-state index >= 15 is 0 Å². The highest BCUT2D eigenvalue weighted by molar-refractivity contribution is 9.10. The van der Waals surface area contributed by atoms with Crippen molar-refractivity contribution in [2.75, 3.05) is 7.05 Å². The molecule has 1 N–H and O–H groups in total. The Labute approximate surface area is 144 Å². The van der Waals surface area contributed by atoms with Crippen LogP contribution >= 0.6 is 15.9 Å².